The van der Waals surface area contributed by atoms with Gasteiger partial charge in [0.2, 0.25) is 0 Å². The van der Waals surface area contributed by atoms with E-state index in [0.29, 0.717) is 29.7 Å². The van der Waals surface area contributed by atoms with E-state index in [1.165, 1.54) is 18.3 Å². The molecule has 1 heterocycles. The predicted octanol–water partition coefficient (Wildman–Crippen LogP) is 2.25. The average Bonchev–Trinajstić information content (AvgIpc) is 3.15. The molecule has 0 unspecified atom stereocenters. The molecule has 1 aliphatic rings. The minimum Gasteiger partial charge on any atom is -0.388 e. The molecular weight excluding hydrogens is 285 g/mol. The number of hydrogen-bond donors (Lipinski definition) is 3. The van der Waals surface area contributed by atoms with Gasteiger partial charge in [-0.15, -0.1) is 0 Å². The first-order chi connectivity index (χ1) is 10.6. The molecule has 1 saturated carbocycles. The van der Waals surface area contributed by atoms with Crippen molar-refractivity contribution in [2.24, 2.45) is 0 Å². The molecule has 1 aliphatic carbocycles. The quantitative estimate of drug-likeness (QED) is 0.810. The fourth-order valence-corrected chi connectivity index (χ4v) is 2.84. The summed E-state index contributed by atoms with van der Waals surface area (Å²) in [4.78, 5) is 12.3. The Labute approximate surface area is 127 Å². The molecule has 22 heavy (non-hydrogen) atoms. The number of nitrogens with one attached hydrogen (secondary N) is 2. The number of aromatic amines is 1. The number of benzene rings is 1. The first kappa shape index (κ1) is 14.7. The molecule has 116 valence electrons. The van der Waals surface area contributed by atoms with Crippen molar-refractivity contribution in [3.8, 4) is 11.3 Å². The van der Waals surface area contributed by atoms with E-state index >= 15 is 0 Å². The van der Waals surface area contributed by atoms with Crippen LogP contribution in [0.4, 0.5) is 4.39 Å². The number of carbonyl (C=O) groups is 1. The molecule has 3 rings (SSSR count). The Hall–Kier alpha value is -2.21. The highest BCUT2D eigenvalue weighted by molar-refractivity contribution is 5.99. The predicted molar refractivity (Wildman–Crippen MR) is 79.7 cm³/mol. The van der Waals surface area contributed by atoms with Crippen LogP contribution in [-0.4, -0.2) is 33.4 Å². The van der Waals surface area contributed by atoms with Crippen LogP contribution in [0.5, 0.6) is 0 Å². The normalized spacial score (nSPS) is 16.6. The Morgan fingerprint density at radius 1 is 1.32 bits per heavy atom. The zero-order chi connectivity index (χ0) is 15.6. The number of amides is 1. The Balaban J connectivity index is 1.73. The summed E-state index contributed by atoms with van der Waals surface area (Å²) < 4.78 is 13.0. The van der Waals surface area contributed by atoms with E-state index in [1.54, 1.807) is 12.1 Å². The Bertz CT molecular complexity index is 660. The lowest BCUT2D eigenvalue weighted by Gasteiger charge is -2.22. The van der Waals surface area contributed by atoms with Crippen LogP contribution in [0.15, 0.2) is 30.5 Å². The molecule has 5 nitrogen and oxygen atoms in total. The number of carbonyl (C=O) groups excluding carboxylic acids is 1. The molecule has 1 amide bonds. The highest BCUT2D eigenvalue weighted by Gasteiger charge is 2.31. The lowest BCUT2D eigenvalue weighted by Crippen LogP contribution is -2.40. The molecule has 1 fully saturated rings. The van der Waals surface area contributed by atoms with Gasteiger partial charge in [-0.2, -0.15) is 5.10 Å². The second kappa shape index (κ2) is 5.88. The van der Waals surface area contributed by atoms with E-state index in [1.807, 2.05) is 0 Å². The summed E-state index contributed by atoms with van der Waals surface area (Å²) >= 11 is 0. The van der Waals surface area contributed by atoms with Gasteiger partial charge in [0, 0.05) is 12.1 Å². The summed E-state index contributed by atoms with van der Waals surface area (Å²) in [5.41, 5.74) is 0.808. The molecule has 6 heteroatoms. The molecule has 2 aromatic rings. The standard InChI is InChI=1S/C16H18FN3O2/c17-12-5-3-11(4-6-12)14-13(9-19-20-14)15(21)18-10-16(22)7-1-2-8-16/h3-6,9,22H,1-2,7-8,10H2,(H,18,21)(H,19,20). The molecule has 3 N–H and O–H groups in total. The largest absolute Gasteiger partial charge is 0.388 e. The second-order valence-electron chi connectivity index (χ2n) is 5.78. The zero-order valence-electron chi connectivity index (χ0n) is 12.1. The average molecular weight is 303 g/mol. The van der Waals surface area contributed by atoms with E-state index in [-0.39, 0.29) is 18.3 Å². The summed E-state index contributed by atoms with van der Waals surface area (Å²) in [5, 5.41) is 19.7. The molecule has 1 aromatic heterocycles. The van der Waals surface area contributed by atoms with E-state index < -0.39 is 5.60 Å². The minimum absolute atomic E-state index is 0.236. The van der Waals surface area contributed by atoms with Crippen LogP contribution in [0.2, 0.25) is 0 Å². The zero-order valence-corrected chi connectivity index (χ0v) is 12.1. The topological polar surface area (TPSA) is 78.0 Å². The van der Waals surface area contributed by atoms with E-state index in [4.69, 9.17) is 0 Å². The van der Waals surface area contributed by atoms with Crippen LogP contribution in [0.3, 0.4) is 0 Å². The van der Waals surface area contributed by atoms with Crippen LogP contribution in [0.25, 0.3) is 11.3 Å². The van der Waals surface area contributed by atoms with Crippen molar-refractivity contribution in [3.63, 3.8) is 0 Å². The fourth-order valence-electron chi connectivity index (χ4n) is 2.84. The number of halogens is 1. The summed E-state index contributed by atoms with van der Waals surface area (Å²) in [7, 11) is 0. The SMILES string of the molecule is O=C(NCC1(O)CCCC1)c1cn[nH]c1-c1ccc(F)cc1. The lowest BCUT2D eigenvalue weighted by atomic mass is 10.0. The molecule has 0 aliphatic heterocycles. The third-order valence-electron chi connectivity index (χ3n) is 4.13. The number of aliphatic hydroxyl groups is 1. The molecule has 1 aromatic carbocycles. The molecule has 0 saturated heterocycles. The van der Waals surface area contributed by atoms with Crippen molar-refractivity contribution >= 4 is 5.91 Å². The maximum Gasteiger partial charge on any atom is 0.255 e. The van der Waals surface area contributed by atoms with Gasteiger partial charge in [-0.3, -0.25) is 9.89 Å². The van der Waals surface area contributed by atoms with Gasteiger partial charge in [0.15, 0.2) is 0 Å². The molecule has 0 spiro atoms. The lowest BCUT2D eigenvalue weighted by molar-refractivity contribution is 0.0450. The summed E-state index contributed by atoms with van der Waals surface area (Å²) in [6.07, 6.45) is 4.83. The van der Waals surface area contributed by atoms with Gasteiger partial charge in [-0.25, -0.2) is 4.39 Å². The van der Waals surface area contributed by atoms with Crippen molar-refractivity contribution in [2.45, 2.75) is 31.3 Å². The summed E-state index contributed by atoms with van der Waals surface area (Å²) in [5.74, 6) is -0.633. The second-order valence-corrected chi connectivity index (χ2v) is 5.78. The third kappa shape index (κ3) is 3.01. The van der Waals surface area contributed by atoms with Crippen molar-refractivity contribution in [1.29, 1.82) is 0 Å². The molecule has 0 bridgehead atoms. The summed E-state index contributed by atoms with van der Waals surface area (Å²) in [6.45, 7) is 0.236. The number of rotatable bonds is 4. The van der Waals surface area contributed by atoms with Gasteiger partial charge in [0.25, 0.3) is 5.91 Å². The van der Waals surface area contributed by atoms with E-state index in [0.717, 1.165) is 12.8 Å². The van der Waals surface area contributed by atoms with Gasteiger partial charge < -0.3 is 10.4 Å². The van der Waals surface area contributed by atoms with Crippen LogP contribution in [-0.2, 0) is 0 Å². The van der Waals surface area contributed by atoms with Crippen molar-refractivity contribution in [2.75, 3.05) is 6.54 Å². The smallest absolute Gasteiger partial charge is 0.255 e. The van der Waals surface area contributed by atoms with Crippen LogP contribution < -0.4 is 5.32 Å². The highest BCUT2D eigenvalue weighted by atomic mass is 19.1. The Kier molecular flexibility index (Phi) is 3.94. The van der Waals surface area contributed by atoms with Gasteiger partial charge in [0.1, 0.15) is 5.82 Å². The maximum absolute atomic E-state index is 13.0. The van der Waals surface area contributed by atoms with Crippen LogP contribution in [0.1, 0.15) is 36.0 Å². The summed E-state index contributed by atoms with van der Waals surface area (Å²) in [6, 6.07) is 5.84. The van der Waals surface area contributed by atoms with Crippen molar-refractivity contribution in [3.05, 3.63) is 41.8 Å². The van der Waals surface area contributed by atoms with E-state index in [2.05, 4.69) is 15.5 Å². The fraction of sp³-hybridized carbons (Fsp3) is 0.375. The van der Waals surface area contributed by atoms with Crippen molar-refractivity contribution in [1.82, 2.24) is 15.5 Å². The van der Waals surface area contributed by atoms with Gasteiger partial charge >= 0.3 is 0 Å². The monoisotopic (exact) mass is 303 g/mol. The van der Waals surface area contributed by atoms with Crippen LogP contribution >= 0.6 is 0 Å². The van der Waals surface area contributed by atoms with Gasteiger partial charge in [-0.05, 0) is 37.1 Å². The number of nitrogens with zero attached hydrogens (tertiary/aromatic N) is 1. The van der Waals surface area contributed by atoms with Gasteiger partial charge in [-0.1, -0.05) is 12.8 Å². The van der Waals surface area contributed by atoms with E-state index in [9.17, 15) is 14.3 Å². The first-order valence-electron chi connectivity index (χ1n) is 7.37. The van der Waals surface area contributed by atoms with Crippen molar-refractivity contribution < 1.29 is 14.3 Å². The molecule has 0 atom stereocenters. The number of aromatic nitrogens is 2. The Morgan fingerprint density at radius 2 is 2.00 bits per heavy atom. The molecular formula is C16H18FN3O2. The number of hydrogen-bond acceptors (Lipinski definition) is 3. The minimum atomic E-state index is -0.796. The highest BCUT2D eigenvalue weighted by Crippen LogP contribution is 2.29. The van der Waals surface area contributed by atoms with Crippen LogP contribution in [0, 0.1) is 5.82 Å². The third-order valence-corrected chi connectivity index (χ3v) is 4.13. The number of H-pyrrole nitrogens is 1. The Morgan fingerprint density at radius 3 is 2.68 bits per heavy atom. The van der Waals surface area contributed by atoms with Gasteiger partial charge in [0.05, 0.1) is 23.1 Å². The molecule has 0 radical (unpaired) electrons. The first-order valence-corrected chi connectivity index (χ1v) is 7.37. The maximum atomic E-state index is 13.0.